The number of aromatic nitrogens is 1. The lowest BCUT2D eigenvalue weighted by Gasteiger charge is -2.14. The van der Waals surface area contributed by atoms with Crippen molar-refractivity contribution in [1.82, 2.24) is 10.3 Å². The number of rotatable bonds is 6. The van der Waals surface area contributed by atoms with Crippen LogP contribution in [0.5, 0.6) is 0 Å². The lowest BCUT2D eigenvalue weighted by Crippen LogP contribution is -2.16. The summed E-state index contributed by atoms with van der Waals surface area (Å²) in [5.74, 6) is 0. The van der Waals surface area contributed by atoms with Crippen LogP contribution in [0.3, 0.4) is 0 Å². The van der Waals surface area contributed by atoms with Crippen LogP contribution in [-0.2, 0) is 13.1 Å². The molecule has 2 rings (SSSR count). The van der Waals surface area contributed by atoms with Gasteiger partial charge in [0.1, 0.15) is 0 Å². The molecule has 0 aliphatic heterocycles. The largest absolute Gasteiger partial charge is 0.347 e. The fourth-order valence-electron chi connectivity index (χ4n) is 1.53. The third-order valence-corrected chi connectivity index (χ3v) is 4.16. The molecule has 2 heterocycles. The topological polar surface area (TPSA) is 28.2 Å². The quantitative estimate of drug-likeness (QED) is 0.872. The summed E-state index contributed by atoms with van der Waals surface area (Å²) in [4.78, 5) is 6.81. The zero-order chi connectivity index (χ0) is 12.1. The van der Waals surface area contributed by atoms with Gasteiger partial charge in [0.05, 0.1) is 5.69 Å². The van der Waals surface area contributed by atoms with E-state index < -0.39 is 0 Å². The van der Waals surface area contributed by atoms with Gasteiger partial charge in [0, 0.05) is 25.5 Å². The normalized spacial score (nSPS) is 10.7. The number of thiophene rings is 1. The highest BCUT2D eigenvalue weighted by atomic mass is 32.1. The minimum atomic E-state index is 0.860. The second kappa shape index (κ2) is 6.14. The SMILES string of the molecule is CCNCc1csc(N(C)Cc2ccsc2)n1. The molecule has 0 saturated carbocycles. The highest BCUT2D eigenvalue weighted by Crippen LogP contribution is 2.21. The van der Waals surface area contributed by atoms with E-state index in [9.17, 15) is 0 Å². The molecular weight excluding hydrogens is 250 g/mol. The van der Waals surface area contributed by atoms with E-state index in [2.05, 4.69) is 51.4 Å². The van der Waals surface area contributed by atoms with Crippen LogP contribution in [0.1, 0.15) is 18.2 Å². The van der Waals surface area contributed by atoms with Crippen molar-refractivity contribution in [3.8, 4) is 0 Å². The van der Waals surface area contributed by atoms with E-state index >= 15 is 0 Å². The van der Waals surface area contributed by atoms with Gasteiger partial charge >= 0.3 is 0 Å². The number of anilines is 1. The Kier molecular flexibility index (Phi) is 4.53. The molecule has 2 aromatic heterocycles. The van der Waals surface area contributed by atoms with E-state index in [1.54, 1.807) is 22.7 Å². The van der Waals surface area contributed by atoms with Gasteiger partial charge in [-0.05, 0) is 28.9 Å². The molecule has 0 saturated heterocycles. The van der Waals surface area contributed by atoms with Crippen molar-refractivity contribution in [3.63, 3.8) is 0 Å². The molecule has 0 unspecified atom stereocenters. The molecule has 0 aliphatic rings. The first-order valence-electron chi connectivity index (χ1n) is 5.67. The summed E-state index contributed by atoms with van der Waals surface area (Å²) in [6.07, 6.45) is 0. The number of hydrogen-bond acceptors (Lipinski definition) is 5. The maximum atomic E-state index is 4.61. The molecule has 0 aromatic carbocycles. The summed E-state index contributed by atoms with van der Waals surface area (Å²) >= 11 is 3.45. The van der Waals surface area contributed by atoms with Crippen LogP contribution in [0.2, 0.25) is 0 Å². The molecule has 0 aliphatic carbocycles. The van der Waals surface area contributed by atoms with Crippen LogP contribution in [0.15, 0.2) is 22.2 Å². The second-order valence-electron chi connectivity index (χ2n) is 3.89. The van der Waals surface area contributed by atoms with E-state index in [1.807, 2.05) is 0 Å². The molecule has 0 spiro atoms. The summed E-state index contributed by atoms with van der Waals surface area (Å²) < 4.78 is 0. The number of thiazole rings is 1. The van der Waals surface area contributed by atoms with Crippen LogP contribution in [0, 0.1) is 0 Å². The standard InChI is InChI=1S/C12H17N3S2/c1-3-13-6-11-9-17-12(14-11)15(2)7-10-4-5-16-8-10/h4-5,8-9,13H,3,6-7H2,1-2H3. The summed E-state index contributed by atoms with van der Waals surface area (Å²) in [7, 11) is 2.09. The molecule has 92 valence electrons. The van der Waals surface area contributed by atoms with Crippen LogP contribution < -0.4 is 10.2 Å². The van der Waals surface area contributed by atoms with Gasteiger partial charge in [0.25, 0.3) is 0 Å². The fraction of sp³-hybridized carbons (Fsp3) is 0.417. The third kappa shape index (κ3) is 3.52. The Morgan fingerprint density at radius 2 is 2.29 bits per heavy atom. The van der Waals surface area contributed by atoms with E-state index in [0.29, 0.717) is 0 Å². The Balaban J connectivity index is 1.94. The molecule has 0 fully saturated rings. The van der Waals surface area contributed by atoms with Crippen molar-refractivity contribution in [2.75, 3.05) is 18.5 Å². The van der Waals surface area contributed by atoms with Crippen molar-refractivity contribution in [2.45, 2.75) is 20.0 Å². The van der Waals surface area contributed by atoms with Crippen LogP contribution in [-0.4, -0.2) is 18.6 Å². The molecule has 3 nitrogen and oxygen atoms in total. The fourth-order valence-corrected chi connectivity index (χ4v) is 2.98. The van der Waals surface area contributed by atoms with Gasteiger partial charge in [-0.1, -0.05) is 6.92 Å². The van der Waals surface area contributed by atoms with E-state index in [0.717, 1.165) is 30.5 Å². The molecule has 5 heteroatoms. The predicted molar refractivity (Wildman–Crippen MR) is 75.9 cm³/mol. The summed E-state index contributed by atoms with van der Waals surface area (Å²) in [6.45, 7) is 4.88. The minimum absolute atomic E-state index is 0.860. The van der Waals surface area contributed by atoms with Gasteiger partial charge in [-0.15, -0.1) is 11.3 Å². The Bertz CT molecular complexity index is 436. The van der Waals surface area contributed by atoms with Crippen molar-refractivity contribution < 1.29 is 0 Å². The van der Waals surface area contributed by atoms with E-state index in [-0.39, 0.29) is 0 Å². The number of nitrogens with zero attached hydrogens (tertiary/aromatic N) is 2. The first-order valence-corrected chi connectivity index (χ1v) is 7.49. The molecule has 0 atom stereocenters. The highest BCUT2D eigenvalue weighted by molar-refractivity contribution is 7.13. The van der Waals surface area contributed by atoms with Crippen LogP contribution in [0.4, 0.5) is 5.13 Å². The number of nitrogens with one attached hydrogen (secondary N) is 1. The molecular formula is C12H17N3S2. The van der Waals surface area contributed by atoms with Crippen molar-refractivity contribution in [2.24, 2.45) is 0 Å². The minimum Gasteiger partial charge on any atom is -0.347 e. The highest BCUT2D eigenvalue weighted by Gasteiger charge is 2.07. The lowest BCUT2D eigenvalue weighted by molar-refractivity contribution is 0.713. The van der Waals surface area contributed by atoms with Gasteiger partial charge < -0.3 is 10.2 Å². The Labute approximate surface area is 110 Å². The third-order valence-electron chi connectivity index (χ3n) is 2.42. The molecule has 17 heavy (non-hydrogen) atoms. The Morgan fingerprint density at radius 1 is 1.41 bits per heavy atom. The van der Waals surface area contributed by atoms with Gasteiger partial charge in [0.15, 0.2) is 5.13 Å². The van der Waals surface area contributed by atoms with Gasteiger partial charge in [-0.3, -0.25) is 0 Å². The van der Waals surface area contributed by atoms with Gasteiger partial charge in [0.2, 0.25) is 0 Å². The Hall–Kier alpha value is -0.910. The smallest absolute Gasteiger partial charge is 0.185 e. The second-order valence-corrected chi connectivity index (χ2v) is 5.51. The summed E-state index contributed by atoms with van der Waals surface area (Å²) in [5.41, 5.74) is 2.48. The molecule has 0 amide bonds. The molecule has 1 N–H and O–H groups in total. The van der Waals surface area contributed by atoms with Crippen molar-refractivity contribution in [3.05, 3.63) is 33.5 Å². The maximum absolute atomic E-state index is 4.61. The van der Waals surface area contributed by atoms with Gasteiger partial charge in [-0.25, -0.2) is 4.98 Å². The summed E-state index contributed by atoms with van der Waals surface area (Å²) in [5, 5.41) is 10.8. The van der Waals surface area contributed by atoms with Gasteiger partial charge in [-0.2, -0.15) is 11.3 Å². The van der Waals surface area contributed by atoms with E-state index in [4.69, 9.17) is 0 Å². The monoisotopic (exact) mass is 267 g/mol. The predicted octanol–water partition coefficient (Wildman–Crippen LogP) is 2.95. The zero-order valence-electron chi connectivity index (χ0n) is 10.1. The first-order chi connectivity index (χ1) is 8.29. The lowest BCUT2D eigenvalue weighted by atomic mass is 10.3. The molecule has 2 aromatic rings. The molecule has 0 bridgehead atoms. The number of hydrogen-bond donors (Lipinski definition) is 1. The zero-order valence-corrected chi connectivity index (χ0v) is 11.8. The first kappa shape index (κ1) is 12.5. The van der Waals surface area contributed by atoms with Crippen LogP contribution >= 0.6 is 22.7 Å². The Morgan fingerprint density at radius 3 is 3.00 bits per heavy atom. The summed E-state index contributed by atoms with van der Waals surface area (Å²) in [6, 6.07) is 2.16. The van der Waals surface area contributed by atoms with E-state index in [1.165, 1.54) is 5.56 Å². The maximum Gasteiger partial charge on any atom is 0.185 e. The van der Waals surface area contributed by atoms with Crippen molar-refractivity contribution in [1.29, 1.82) is 0 Å². The van der Waals surface area contributed by atoms with Crippen molar-refractivity contribution >= 4 is 27.8 Å². The average molecular weight is 267 g/mol. The molecule has 0 radical (unpaired) electrons. The average Bonchev–Trinajstić information content (AvgIpc) is 2.96. The van der Waals surface area contributed by atoms with Crippen LogP contribution in [0.25, 0.3) is 0 Å².